The predicted molar refractivity (Wildman–Crippen MR) is 63.5 cm³/mol. The average Bonchev–Trinajstić information content (AvgIpc) is 2.79. The molecular weight excluding hydrogens is 210 g/mol. The molecule has 1 heterocycles. The Balaban J connectivity index is 1.77. The Hall–Kier alpha value is 0.210. The Bertz CT molecular complexity index is 204. The molecule has 1 unspecified atom stereocenters. The first-order valence-corrected chi connectivity index (χ1v) is 6.70. The molecule has 1 spiro atoms. The van der Waals surface area contributed by atoms with E-state index in [1.165, 1.54) is 38.5 Å². The van der Waals surface area contributed by atoms with Crippen LogP contribution in [0.1, 0.15) is 38.5 Å². The second-order valence-electron chi connectivity index (χ2n) is 5.12. The van der Waals surface area contributed by atoms with Gasteiger partial charge >= 0.3 is 0 Å². The van der Waals surface area contributed by atoms with Crippen molar-refractivity contribution < 1.29 is 4.74 Å². The predicted octanol–water partition coefficient (Wildman–Crippen LogP) is 2.65. The molecule has 0 aromatic rings. The second-order valence-corrected chi connectivity index (χ2v) is 5.50. The first kappa shape index (κ1) is 11.7. The lowest BCUT2D eigenvalue weighted by molar-refractivity contribution is -0.0446. The summed E-state index contributed by atoms with van der Waals surface area (Å²) in [6, 6.07) is 0. The molecule has 1 aliphatic carbocycles. The van der Waals surface area contributed by atoms with Gasteiger partial charge in [0.05, 0.1) is 11.7 Å². The number of ether oxygens (including phenoxy) is 1. The third-order valence-electron chi connectivity index (χ3n) is 3.83. The molecule has 0 radical (unpaired) electrons. The number of halogens is 1. The topological polar surface area (TPSA) is 12.5 Å². The summed E-state index contributed by atoms with van der Waals surface area (Å²) in [6.45, 7) is 2.02. The van der Waals surface area contributed by atoms with Crippen LogP contribution in [0.15, 0.2) is 0 Å². The molecule has 1 saturated heterocycles. The minimum absolute atomic E-state index is 0.284. The van der Waals surface area contributed by atoms with E-state index in [-0.39, 0.29) is 5.60 Å². The zero-order valence-electron chi connectivity index (χ0n) is 9.67. The second kappa shape index (κ2) is 5.03. The summed E-state index contributed by atoms with van der Waals surface area (Å²) in [4.78, 5) is 2.28. The third-order valence-corrected chi connectivity index (χ3v) is 4.00. The summed E-state index contributed by atoms with van der Waals surface area (Å²) in [5.74, 6) is 0.717. The lowest BCUT2D eigenvalue weighted by Crippen LogP contribution is -2.33. The molecule has 2 aliphatic rings. The van der Waals surface area contributed by atoms with Gasteiger partial charge in [-0.1, -0.05) is 12.8 Å². The lowest BCUT2D eigenvalue weighted by atomic mass is 9.98. The quantitative estimate of drug-likeness (QED) is 0.690. The Kier molecular flexibility index (Phi) is 3.92. The summed E-state index contributed by atoms with van der Waals surface area (Å²) < 4.78 is 6.24. The molecule has 2 nitrogen and oxygen atoms in total. The standard InChI is InChI=1S/C12H22ClNO/c1-14(9-8-13)10-11-4-7-12(15-11)5-2-3-6-12/h11H,2-10H2,1H3. The Morgan fingerprint density at radius 1 is 1.33 bits per heavy atom. The van der Waals surface area contributed by atoms with Crippen LogP contribution >= 0.6 is 11.6 Å². The molecule has 1 aliphatic heterocycles. The van der Waals surface area contributed by atoms with Crippen molar-refractivity contribution in [2.45, 2.75) is 50.2 Å². The SMILES string of the molecule is CN(CCCl)CC1CCC2(CCCC2)O1. The minimum Gasteiger partial charge on any atom is -0.370 e. The van der Waals surface area contributed by atoms with E-state index in [2.05, 4.69) is 11.9 Å². The van der Waals surface area contributed by atoms with Crippen LogP contribution < -0.4 is 0 Å². The molecule has 2 fully saturated rings. The van der Waals surface area contributed by atoms with Crippen molar-refractivity contribution in [2.24, 2.45) is 0 Å². The van der Waals surface area contributed by atoms with Crippen molar-refractivity contribution in [1.29, 1.82) is 0 Å². The zero-order valence-corrected chi connectivity index (χ0v) is 10.4. The Morgan fingerprint density at radius 3 is 2.73 bits per heavy atom. The summed E-state index contributed by atoms with van der Waals surface area (Å²) in [7, 11) is 2.13. The summed E-state index contributed by atoms with van der Waals surface area (Å²) >= 11 is 5.72. The van der Waals surface area contributed by atoms with E-state index in [0.29, 0.717) is 12.0 Å². The molecule has 0 amide bonds. The van der Waals surface area contributed by atoms with Crippen molar-refractivity contribution in [2.75, 3.05) is 26.0 Å². The van der Waals surface area contributed by atoms with Gasteiger partial charge in [0.25, 0.3) is 0 Å². The van der Waals surface area contributed by atoms with E-state index in [9.17, 15) is 0 Å². The lowest BCUT2D eigenvalue weighted by Gasteiger charge is -2.25. The van der Waals surface area contributed by atoms with Gasteiger partial charge in [0.15, 0.2) is 0 Å². The van der Waals surface area contributed by atoms with Crippen LogP contribution in [-0.2, 0) is 4.74 Å². The van der Waals surface area contributed by atoms with Crippen LogP contribution in [0.5, 0.6) is 0 Å². The maximum Gasteiger partial charge on any atom is 0.0710 e. The van der Waals surface area contributed by atoms with Gasteiger partial charge in [-0.25, -0.2) is 0 Å². The van der Waals surface area contributed by atoms with Crippen molar-refractivity contribution in [3.63, 3.8) is 0 Å². The van der Waals surface area contributed by atoms with Gasteiger partial charge in [0.1, 0.15) is 0 Å². The largest absolute Gasteiger partial charge is 0.370 e. The maximum atomic E-state index is 6.24. The van der Waals surface area contributed by atoms with Crippen LogP contribution in [0.4, 0.5) is 0 Å². The van der Waals surface area contributed by atoms with Gasteiger partial charge in [-0.2, -0.15) is 0 Å². The van der Waals surface area contributed by atoms with Crippen LogP contribution in [0.25, 0.3) is 0 Å². The van der Waals surface area contributed by atoms with Gasteiger partial charge in [0.2, 0.25) is 0 Å². The number of rotatable bonds is 4. The summed E-state index contributed by atoms with van der Waals surface area (Å²) in [6.07, 6.45) is 8.30. The Morgan fingerprint density at radius 2 is 2.07 bits per heavy atom. The summed E-state index contributed by atoms with van der Waals surface area (Å²) in [5.41, 5.74) is 0.284. The van der Waals surface area contributed by atoms with Crippen molar-refractivity contribution in [1.82, 2.24) is 4.90 Å². The molecule has 3 heteroatoms. The minimum atomic E-state index is 0.284. The van der Waals surface area contributed by atoms with Crippen LogP contribution in [-0.4, -0.2) is 42.6 Å². The number of likely N-dealkylation sites (N-methyl/N-ethyl adjacent to an activating group) is 1. The van der Waals surface area contributed by atoms with Gasteiger partial charge in [0, 0.05) is 19.0 Å². The van der Waals surface area contributed by atoms with E-state index in [0.717, 1.165) is 13.1 Å². The monoisotopic (exact) mass is 231 g/mol. The van der Waals surface area contributed by atoms with Crippen LogP contribution in [0.2, 0.25) is 0 Å². The van der Waals surface area contributed by atoms with Crippen LogP contribution in [0.3, 0.4) is 0 Å². The highest BCUT2D eigenvalue weighted by atomic mass is 35.5. The van der Waals surface area contributed by atoms with E-state index in [1.807, 2.05) is 0 Å². The molecular formula is C12H22ClNO. The fourth-order valence-corrected chi connectivity index (χ4v) is 3.28. The van der Waals surface area contributed by atoms with Crippen molar-refractivity contribution in [3.05, 3.63) is 0 Å². The van der Waals surface area contributed by atoms with E-state index in [1.54, 1.807) is 0 Å². The number of nitrogens with zero attached hydrogens (tertiary/aromatic N) is 1. The molecule has 88 valence electrons. The number of hydrogen-bond acceptors (Lipinski definition) is 2. The highest BCUT2D eigenvalue weighted by molar-refractivity contribution is 6.18. The van der Waals surface area contributed by atoms with E-state index < -0.39 is 0 Å². The molecule has 0 bridgehead atoms. The smallest absolute Gasteiger partial charge is 0.0710 e. The fourth-order valence-electron chi connectivity index (χ4n) is 2.99. The Labute approximate surface area is 97.9 Å². The molecule has 0 N–H and O–H groups in total. The van der Waals surface area contributed by atoms with Gasteiger partial charge in [-0.05, 0) is 32.7 Å². The fraction of sp³-hybridized carbons (Fsp3) is 1.00. The number of alkyl halides is 1. The maximum absolute atomic E-state index is 6.24. The molecule has 0 aromatic carbocycles. The zero-order chi connectivity index (χ0) is 10.7. The van der Waals surface area contributed by atoms with Crippen LogP contribution in [0, 0.1) is 0 Å². The first-order valence-electron chi connectivity index (χ1n) is 6.16. The van der Waals surface area contributed by atoms with E-state index in [4.69, 9.17) is 16.3 Å². The number of hydrogen-bond donors (Lipinski definition) is 0. The first-order chi connectivity index (χ1) is 7.24. The molecule has 2 rings (SSSR count). The van der Waals surface area contributed by atoms with Crippen molar-refractivity contribution in [3.8, 4) is 0 Å². The highest BCUT2D eigenvalue weighted by Gasteiger charge is 2.42. The van der Waals surface area contributed by atoms with E-state index >= 15 is 0 Å². The normalized spacial score (nSPS) is 29.4. The van der Waals surface area contributed by atoms with Gasteiger partial charge < -0.3 is 9.64 Å². The molecule has 15 heavy (non-hydrogen) atoms. The third kappa shape index (κ3) is 2.86. The average molecular weight is 232 g/mol. The van der Waals surface area contributed by atoms with Crippen molar-refractivity contribution >= 4 is 11.6 Å². The highest BCUT2D eigenvalue weighted by Crippen LogP contribution is 2.43. The molecule has 1 saturated carbocycles. The van der Waals surface area contributed by atoms with Gasteiger partial charge in [-0.3, -0.25) is 0 Å². The summed E-state index contributed by atoms with van der Waals surface area (Å²) in [5, 5.41) is 0. The van der Waals surface area contributed by atoms with Gasteiger partial charge in [-0.15, -0.1) is 11.6 Å². The molecule has 1 atom stereocenters. The molecule has 0 aromatic heterocycles.